The van der Waals surface area contributed by atoms with Crippen LogP contribution in [0.4, 0.5) is 13.2 Å². The molecule has 4 rings (SSSR count). The van der Waals surface area contributed by atoms with Gasteiger partial charge in [0.25, 0.3) is 0 Å². The van der Waals surface area contributed by atoms with Crippen molar-refractivity contribution in [2.75, 3.05) is 19.6 Å². The third-order valence-corrected chi connectivity index (χ3v) is 7.92. The molecule has 1 fully saturated rings. The number of alkyl halides is 3. The quantitative estimate of drug-likeness (QED) is 0.412. The Bertz CT molecular complexity index is 1260. The van der Waals surface area contributed by atoms with Crippen LogP contribution in [-0.2, 0) is 21.0 Å². The van der Waals surface area contributed by atoms with Gasteiger partial charge in [-0.25, -0.2) is 13.1 Å². The minimum absolute atomic E-state index is 0.0573. The van der Waals surface area contributed by atoms with Crippen molar-refractivity contribution in [3.8, 4) is 0 Å². The number of halogens is 3. The van der Waals surface area contributed by atoms with E-state index in [1.165, 1.54) is 0 Å². The maximum atomic E-state index is 13.0. The summed E-state index contributed by atoms with van der Waals surface area (Å²) < 4.78 is 67.1. The molecule has 2 atom stereocenters. The van der Waals surface area contributed by atoms with E-state index < -0.39 is 38.6 Å². The van der Waals surface area contributed by atoms with Crippen molar-refractivity contribution < 1.29 is 26.4 Å². The summed E-state index contributed by atoms with van der Waals surface area (Å²) in [7, 11) is -4.21. The molecule has 1 aliphatic rings. The summed E-state index contributed by atoms with van der Waals surface area (Å²) in [4.78, 5) is 12.6. The van der Waals surface area contributed by atoms with Gasteiger partial charge in [-0.2, -0.15) is 13.2 Å². The van der Waals surface area contributed by atoms with Crippen molar-refractivity contribution in [3.05, 3.63) is 102 Å². The summed E-state index contributed by atoms with van der Waals surface area (Å²) in [5, 5.41) is 6.07. The first-order chi connectivity index (χ1) is 17.6. The SMILES string of the molecule is O=C(NCC(c1ccccc1)c1ccccc1)C1CNCC(NS(=O)(=O)c2cccc(C(F)(F)F)c2)C1. The lowest BCUT2D eigenvalue weighted by atomic mass is 9.90. The lowest BCUT2D eigenvalue weighted by Gasteiger charge is -2.30. The Kier molecular flexibility index (Phi) is 8.31. The third kappa shape index (κ3) is 6.97. The van der Waals surface area contributed by atoms with Gasteiger partial charge in [0.1, 0.15) is 0 Å². The molecule has 1 amide bonds. The molecule has 37 heavy (non-hydrogen) atoms. The molecule has 6 nitrogen and oxygen atoms in total. The molecule has 1 saturated heterocycles. The number of piperidine rings is 1. The number of carbonyl (C=O) groups excluding carboxylic acids is 1. The highest BCUT2D eigenvalue weighted by molar-refractivity contribution is 7.89. The Morgan fingerprint density at radius 1 is 0.919 bits per heavy atom. The standard InChI is InChI=1S/C27H28F3N3O3S/c28-27(29,30)22-12-7-13-24(15-22)37(35,36)33-23-14-21(16-31-17-23)26(34)32-18-25(19-8-3-1-4-9-19)20-10-5-2-6-11-20/h1-13,15,21,23,25,31,33H,14,16-18H2,(H,32,34). The van der Waals surface area contributed by atoms with Gasteiger partial charge in [0.15, 0.2) is 0 Å². The number of benzene rings is 3. The van der Waals surface area contributed by atoms with Crippen LogP contribution in [0.2, 0.25) is 0 Å². The fourth-order valence-corrected chi connectivity index (χ4v) is 5.80. The molecule has 1 heterocycles. The zero-order valence-electron chi connectivity index (χ0n) is 19.9. The molecule has 0 aromatic heterocycles. The maximum Gasteiger partial charge on any atom is 0.416 e. The molecule has 10 heteroatoms. The Morgan fingerprint density at radius 2 is 1.54 bits per heavy atom. The van der Waals surface area contributed by atoms with Gasteiger partial charge < -0.3 is 10.6 Å². The second-order valence-corrected chi connectivity index (χ2v) is 10.8. The monoisotopic (exact) mass is 531 g/mol. The molecule has 3 aromatic carbocycles. The Labute approximate surface area is 214 Å². The van der Waals surface area contributed by atoms with E-state index in [1.54, 1.807) is 0 Å². The fraction of sp³-hybridized carbons (Fsp3) is 0.296. The lowest BCUT2D eigenvalue weighted by molar-refractivity contribution is -0.137. The van der Waals surface area contributed by atoms with Crippen LogP contribution in [0, 0.1) is 5.92 Å². The molecule has 2 unspecified atom stereocenters. The number of hydrogen-bond donors (Lipinski definition) is 3. The maximum absolute atomic E-state index is 13.0. The predicted molar refractivity (Wildman–Crippen MR) is 134 cm³/mol. The molecule has 0 aliphatic carbocycles. The van der Waals surface area contributed by atoms with E-state index in [1.807, 2.05) is 60.7 Å². The van der Waals surface area contributed by atoms with Gasteiger partial charge in [-0.15, -0.1) is 0 Å². The predicted octanol–water partition coefficient (Wildman–Crippen LogP) is 3.91. The van der Waals surface area contributed by atoms with Gasteiger partial charge in [0.2, 0.25) is 15.9 Å². The van der Waals surface area contributed by atoms with Crippen molar-refractivity contribution in [1.82, 2.24) is 15.4 Å². The number of carbonyl (C=O) groups is 1. The third-order valence-electron chi connectivity index (χ3n) is 6.40. The van der Waals surface area contributed by atoms with E-state index in [-0.39, 0.29) is 24.8 Å². The Hall–Kier alpha value is -3.21. The highest BCUT2D eigenvalue weighted by atomic mass is 32.2. The average Bonchev–Trinajstić information content (AvgIpc) is 2.89. The van der Waals surface area contributed by atoms with E-state index in [0.717, 1.165) is 29.3 Å². The van der Waals surface area contributed by atoms with Crippen molar-refractivity contribution in [3.63, 3.8) is 0 Å². The van der Waals surface area contributed by atoms with E-state index in [2.05, 4.69) is 15.4 Å². The zero-order chi connectivity index (χ0) is 26.5. The summed E-state index contributed by atoms with van der Waals surface area (Å²) in [5.74, 6) is -0.777. The molecule has 0 radical (unpaired) electrons. The van der Waals surface area contributed by atoms with Gasteiger partial charge in [-0.1, -0.05) is 66.7 Å². The summed E-state index contributed by atoms with van der Waals surface area (Å²) in [5.41, 5.74) is 1.07. The molecule has 3 N–H and O–H groups in total. The van der Waals surface area contributed by atoms with Crippen LogP contribution >= 0.6 is 0 Å². The number of nitrogens with one attached hydrogen (secondary N) is 3. The van der Waals surface area contributed by atoms with Crippen molar-refractivity contribution in [2.24, 2.45) is 5.92 Å². The smallest absolute Gasteiger partial charge is 0.355 e. The Morgan fingerprint density at radius 3 is 2.14 bits per heavy atom. The molecular formula is C27H28F3N3O3S. The molecule has 0 bridgehead atoms. The molecule has 1 aliphatic heterocycles. The highest BCUT2D eigenvalue weighted by Gasteiger charge is 2.33. The van der Waals surface area contributed by atoms with Gasteiger partial charge in [0.05, 0.1) is 16.4 Å². The fourth-order valence-electron chi connectivity index (χ4n) is 4.50. The van der Waals surface area contributed by atoms with Gasteiger partial charge in [-0.3, -0.25) is 4.79 Å². The van der Waals surface area contributed by atoms with Crippen molar-refractivity contribution >= 4 is 15.9 Å². The molecule has 0 saturated carbocycles. The minimum atomic E-state index is -4.65. The summed E-state index contributed by atoms with van der Waals surface area (Å²) in [6, 6.07) is 22.6. The van der Waals surface area contributed by atoms with Gasteiger partial charge in [0, 0.05) is 31.6 Å². The van der Waals surface area contributed by atoms with Crippen LogP contribution in [0.5, 0.6) is 0 Å². The van der Waals surface area contributed by atoms with Crippen LogP contribution < -0.4 is 15.4 Å². The number of rotatable bonds is 8. The largest absolute Gasteiger partial charge is 0.416 e. The summed E-state index contributed by atoms with van der Waals surface area (Å²) in [6.07, 6.45) is -4.43. The van der Waals surface area contributed by atoms with E-state index in [9.17, 15) is 26.4 Å². The van der Waals surface area contributed by atoms with E-state index >= 15 is 0 Å². The number of amides is 1. The van der Waals surface area contributed by atoms with E-state index in [4.69, 9.17) is 0 Å². The second kappa shape index (κ2) is 11.5. The normalized spacial score (nSPS) is 18.5. The lowest BCUT2D eigenvalue weighted by Crippen LogP contribution is -2.52. The Balaban J connectivity index is 1.40. The van der Waals surface area contributed by atoms with Crippen LogP contribution in [0.15, 0.2) is 89.8 Å². The van der Waals surface area contributed by atoms with Crippen molar-refractivity contribution in [2.45, 2.75) is 29.5 Å². The van der Waals surface area contributed by atoms with E-state index in [0.29, 0.717) is 19.2 Å². The first kappa shape index (κ1) is 26.8. The van der Waals surface area contributed by atoms with Crippen LogP contribution in [0.25, 0.3) is 0 Å². The summed E-state index contributed by atoms with van der Waals surface area (Å²) in [6.45, 7) is 0.998. The minimum Gasteiger partial charge on any atom is -0.355 e. The number of hydrogen-bond acceptors (Lipinski definition) is 4. The molecule has 3 aromatic rings. The topological polar surface area (TPSA) is 87.3 Å². The van der Waals surface area contributed by atoms with Crippen molar-refractivity contribution in [1.29, 1.82) is 0 Å². The zero-order valence-corrected chi connectivity index (χ0v) is 20.7. The van der Waals surface area contributed by atoms with Gasteiger partial charge in [-0.05, 0) is 35.7 Å². The second-order valence-electron chi connectivity index (χ2n) is 9.05. The average molecular weight is 532 g/mol. The first-order valence-electron chi connectivity index (χ1n) is 11.9. The summed E-state index contributed by atoms with van der Waals surface area (Å²) >= 11 is 0. The van der Waals surface area contributed by atoms with Crippen LogP contribution in [0.3, 0.4) is 0 Å². The van der Waals surface area contributed by atoms with Crippen LogP contribution in [0.1, 0.15) is 29.0 Å². The van der Waals surface area contributed by atoms with Gasteiger partial charge >= 0.3 is 6.18 Å². The number of sulfonamides is 1. The molecule has 196 valence electrons. The molecule has 0 spiro atoms. The first-order valence-corrected chi connectivity index (χ1v) is 13.4. The van der Waals surface area contributed by atoms with Crippen LogP contribution in [-0.4, -0.2) is 40.0 Å². The highest BCUT2D eigenvalue weighted by Crippen LogP contribution is 2.30. The molecular weight excluding hydrogens is 503 g/mol.